The van der Waals surface area contributed by atoms with Crippen LogP contribution in [0.3, 0.4) is 0 Å². The number of aryl methyl sites for hydroxylation is 1. The van der Waals surface area contributed by atoms with E-state index in [1.54, 1.807) is 0 Å². The first kappa shape index (κ1) is 11.0. The number of para-hydroxylation sites is 2. The van der Waals surface area contributed by atoms with Gasteiger partial charge in [-0.25, -0.2) is 4.98 Å². The van der Waals surface area contributed by atoms with Crippen LogP contribution in [-0.4, -0.2) is 21.6 Å². The van der Waals surface area contributed by atoms with Gasteiger partial charge in [0.25, 0.3) is 0 Å². The molecule has 0 saturated carbocycles. The van der Waals surface area contributed by atoms with Crippen LogP contribution in [0.4, 0.5) is 5.95 Å². The number of fused-ring (bicyclic) bond motifs is 1. The maximum Gasteiger partial charge on any atom is 0.204 e. The highest BCUT2D eigenvalue weighted by Crippen LogP contribution is 2.20. The van der Waals surface area contributed by atoms with E-state index in [9.17, 15) is 0 Å². The summed E-state index contributed by atoms with van der Waals surface area (Å²) in [5, 5.41) is 3.35. The lowest BCUT2D eigenvalue weighted by atomic mass is 10.1. The largest absolute Gasteiger partial charge is 0.349 e. The fraction of sp³-hybridized carbons (Fsp3) is 0.417. The molecule has 4 heteroatoms. The van der Waals surface area contributed by atoms with E-state index in [0.717, 1.165) is 17.0 Å². The van der Waals surface area contributed by atoms with Crippen molar-refractivity contribution in [2.45, 2.75) is 19.4 Å². The normalized spacial score (nSPS) is 12.0. The van der Waals surface area contributed by atoms with Crippen LogP contribution < -0.4 is 11.1 Å². The average Bonchev–Trinajstić information content (AvgIpc) is 2.56. The summed E-state index contributed by atoms with van der Waals surface area (Å²) in [5.41, 5.74) is 7.68. The van der Waals surface area contributed by atoms with E-state index in [-0.39, 0.29) is 5.54 Å². The number of benzene rings is 1. The molecule has 4 nitrogen and oxygen atoms in total. The quantitative estimate of drug-likeness (QED) is 0.824. The van der Waals surface area contributed by atoms with Crippen LogP contribution in [-0.2, 0) is 7.05 Å². The standard InChI is InChI=1S/C12H18N4/c1-12(2,8-13)15-11-14-9-6-4-5-7-10(9)16(11)3/h4-7H,8,13H2,1-3H3,(H,14,15). The Bertz CT molecular complexity index is 499. The molecule has 0 atom stereocenters. The second-order valence-electron chi connectivity index (χ2n) is 4.70. The smallest absolute Gasteiger partial charge is 0.204 e. The Morgan fingerprint density at radius 2 is 2.06 bits per heavy atom. The van der Waals surface area contributed by atoms with Gasteiger partial charge < -0.3 is 15.6 Å². The second-order valence-corrected chi connectivity index (χ2v) is 4.70. The first-order chi connectivity index (χ1) is 7.53. The van der Waals surface area contributed by atoms with Gasteiger partial charge in [-0.15, -0.1) is 0 Å². The first-order valence-electron chi connectivity index (χ1n) is 5.43. The Hall–Kier alpha value is -1.55. The maximum atomic E-state index is 5.70. The Kier molecular flexibility index (Phi) is 2.59. The summed E-state index contributed by atoms with van der Waals surface area (Å²) in [6.07, 6.45) is 0. The molecule has 86 valence electrons. The van der Waals surface area contributed by atoms with Crippen molar-refractivity contribution >= 4 is 17.0 Å². The molecule has 0 amide bonds. The van der Waals surface area contributed by atoms with Crippen molar-refractivity contribution in [1.29, 1.82) is 0 Å². The number of imidazole rings is 1. The number of nitrogens with zero attached hydrogens (tertiary/aromatic N) is 2. The van der Waals surface area contributed by atoms with Gasteiger partial charge in [0, 0.05) is 19.1 Å². The minimum absolute atomic E-state index is 0.144. The van der Waals surface area contributed by atoms with Crippen molar-refractivity contribution in [3.05, 3.63) is 24.3 Å². The van der Waals surface area contributed by atoms with Crippen LogP contribution in [0.15, 0.2) is 24.3 Å². The number of anilines is 1. The number of aromatic nitrogens is 2. The fourth-order valence-electron chi connectivity index (χ4n) is 1.61. The highest BCUT2D eigenvalue weighted by molar-refractivity contribution is 5.78. The number of rotatable bonds is 3. The number of nitrogens with one attached hydrogen (secondary N) is 1. The molecule has 0 fully saturated rings. The zero-order valence-electron chi connectivity index (χ0n) is 9.99. The minimum atomic E-state index is -0.144. The molecule has 1 aromatic heterocycles. The SMILES string of the molecule is Cn1c(NC(C)(C)CN)nc2ccccc21. The van der Waals surface area contributed by atoms with Crippen molar-refractivity contribution in [2.24, 2.45) is 12.8 Å². The van der Waals surface area contributed by atoms with Crippen LogP contribution in [0, 0.1) is 0 Å². The molecule has 0 unspecified atom stereocenters. The third kappa shape index (κ3) is 1.88. The molecule has 0 aliphatic rings. The summed E-state index contributed by atoms with van der Waals surface area (Å²) in [5.74, 6) is 0.858. The van der Waals surface area contributed by atoms with Gasteiger partial charge in [0.2, 0.25) is 5.95 Å². The van der Waals surface area contributed by atoms with Gasteiger partial charge in [-0.1, -0.05) is 12.1 Å². The molecule has 16 heavy (non-hydrogen) atoms. The molecular formula is C12H18N4. The van der Waals surface area contributed by atoms with Crippen molar-refractivity contribution in [2.75, 3.05) is 11.9 Å². The van der Waals surface area contributed by atoms with Gasteiger partial charge in [0.1, 0.15) is 0 Å². The van der Waals surface area contributed by atoms with E-state index in [1.807, 2.05) is 29.8 Å². The Balaban J connectivity index is 2.42. The number of hydrogen-bond donors (Lipinski definition) is 2. The van der Waals surface area contributed by atoms with Crippen LogP contribution in [0.1, 0.15) is 13.8 Å². The predicted molar refractivity (Wildman–Crippen MR) is 67.5 cm³/mol. The summed E-state index contributed by atoms with van der Waals surface area (Å²) in [7, 11) is 2.00. The van der Waals surface area contributed by atoms with Crippen molar-refractivity contribution in [3.8, 4) is 0 Å². The first-order valence-corrected chi connectivity index (χ1v) is 5.43. The molecule has 2 aromatic rings. The topological polar surface area (TPSA) is 55.9 Å². The minimum Gasteiger partial charge on any atom is -0.349 e. The molecule has 0 spiro atoms. The van der Waals surface area contributed by atoms with Gasteiger partial charge in [-0.05, 0) is 26.0 Å². The lowest BCUT2D eigenvalue weighted by Crippen LogP contribution is -2.40. The van der Waals surface area contributed by atoms with Gasteiger partial charge in [-0.2, -0.15) is 0 Å². The van der Waals surface area contributed by atoms with Crippen LogP contribution in [0.2, 0.25) is 0 Å². The summed E-state index contributed by atoms with van der Waals surface area (Å²) in [6.45, 7) is 4.69. The summed E-state index contributed by atoms with van der Waals surface area (Å²) in [6, 6.07) is 8.08. The molecule has 0 radical (unpaired) electrons. The third-order valence-corrected chi connectivity index (χ3v) is 2.75. The van der Waals surface area contributed by atoms with Gasteiger partial charge in [0.15, 0.2) is 0 Å². The number of nitrogens with two attached hydrogens (primary N) is 1. The highest BCUT2D eigenvalue weighted by Gasteiger charge is 2.18. The molecule has 1 aromatic carbocycles. The van der Waals surface area contributed by atoms with Gasteiger partial charge in [0.05, 0.1) is 11.0 Å². The van der Waals surface area contributed by atoms with Gasteiger partial charge >= 0.3 is 0 Å². The predicted octanol–water partition coefficient (Wildman–Crippen LogP) is 1.72. The third-order valence-electron chi connectivity index (χ3n) is 2.75. The van der Waals surface area contributed by atoms with Crippen LogP contribution in [0.5, 0.6) is 0 Å². The summed E-state index contributed by atoms with van der Waals surface area (Å²) in [4.78, 5) is 4.54. The zero-order valence-corrected chi connectivity index (χ0v) is 9.99. The van der Waals surface area contributed by atoms with Crippen molar-refractivity contribution < 1.29 is 0 Å². The highest BCUT2D eigenvalue weighted by atomic mass is 15.2. The maximum absolute atomic E-state index is 5.70. The average molecular weight is 218 g/mol. The van der Waals surface area contributed by atoms with Crippen molar-refractivity contribution in [1.82, 2.24) is 9.55 Å². The van der Waals surface area contributed by atoms with E-state index in [1.165, 1.54) is 0 Å². The molecule has 0 aliphatic heterocycles. The monoisotopic (exact) mass is 218 g/mol. The molecule has 0 aliphatic carbocycles. The summed E-state index contributed by atoms with van der Waals surface area (Å²) >= 11 is 0. The van der Waals surface area contributed by atoms with E-state index in [2.05, 4.69) is 30.2 Å². The van der Waals surface area contributed by atoms with E-state index < -0.39 is 0 Å². The van der Waals surface area contributed by atoms with Gasteiger partial charge in [-0.3, -0.25) is 0 Å². The molecule has 0 saturated heterocycles. The molecule has 1 heterocycles. The number of hydrogen-bond acceptors (Lipinski definition) is 3. The Morgan fingerprint density at radius 3 is 2.69 bits per heavy atom. The zero-order chi connectivity index (χ0) is 11.8. The van der Waals surface area contributed by atoms with Crippen molar-refractivity contribution in [3.63, 3.8) is 0 Å². The molecule has 0 bridgehead atoms. The van der Waals surface area contributed by atoms with E-state index in [4.69, 9.17) is 5.73 Å². The molecule has 3 N–H and O–H groups in total. The lowest BCUT2D eigenvalue weighted by Gasteiger charge is -2.24. The van der Waals surface area contributed by atoms with Crippen LogP contribution >= 0.6 is 0 Å². The Labute approximate surface area is 95.5 Å². The Morgan fingerprint density at radius 1 is 1.38 bits per heavy atom. The summed E-state index contributed by atoms with van der Waals surface area (Å²) < 4.78 is 2.05. The second kappa shape index (κ2) is 3.79. The lowest BCUT2D eigenvalue weighted by molar-refractivity contribution is 0.571. The molecular weight excluding hydrogens is 200 g/mol. The molecule has 2 rings (SSSR count). The van der Waals surface area contributed by atoms with Crippen LogP contribution in [0.25, 0.3) is 11.0 Å². The fourth-order valence-corrected chi connectivity index (χ4v) is 1.61. The van der Waals surface area contributed by atoms with E-state index in [0.29, 0.717) is 6.54 Å². The van der Waals surface area contributed by atoms with E-state index >= 15 is 0 Å².